The Hall–Kier alpha value is -2.82. The Morgan fingerprint density at radius 3 is 2.65 bits per heavy atom. The van der Waals surface area contributed by atoms with Crippen LogP contribution in [0.15, 0.2) is 53.2 Å². The predicted octanol–water partition coefficient (Wildman–Crippen LogP) is 3.42. The lowest BCUT2D eigenvalue weighted by atomic mass is 10.3. The molecule has 5 nitrogen and oxygen atoms in total. The minimum absolute atomic E-state index is 0.457. The number of anilines is 1. The number of nitrogens with zero attached hydrogens (tertiary/aromatic N) is 2. The summed E-state index contributed by atoms with van der Waals surface area (Å²) >= 11 is 0. The summed E-state index contributed by atoms with van der Waals surface area (Å²) in [5.74, 6) is 3.29. The van der Waals surface area contributed by atoms with E-state index in [9.17, 15) is 0 Å². The van der Waals surface area contributed by atoms with Gasteiger partial charge in [-0.3, -0.25) is 4.98 Å². The summed E-state index contributed by atoms with van der Waals surface area (Å²) < 4.78 is 11.2. The number of furan rings is 1. The van der Waals surface area contributed by atoms with E-state index in [1.807, 2.05) is 25.1 Å². The first-order valence-electron chi connectivity index (χ1n) is 6.13. The van der Waals surface area contributed by atoms with Gasteiger partial charge in [0.05, 0.1) is 6.20 Å². The zero-order chi connectivity index (χ0) is 13.9. The highest BCUT2D eigenvalue weighted by Crippen LogP contribution is 2.26. The fraction of sp³-hybridized carbons (Fsp3) is 0.0667. The molecule has 0 spiro atoms. The maximum absolute atomic E-state index is 5.70. The molecule has 0 aromatic carbocycles. The molecule has 20 heavy (non-hydrogen) atoms. The van der Waals surface area contributed by atoms with Crippen LogP contribution in [0.3, 0.4) is 0 Å². The van der Waals surface area contributed by atoms with E-state index in [-0.39, 0.29) is 0 Å². The van der Waals surface area contributed by atoms with Crippen LogP contribution in [0.5, 0.6) is 11.5 Å². The van der Waals surface area contributed by atoms with Crippen LogP contribution in [0, 0.1) is 6.92 Å². The molecule has 0 aliphatic rings. The molecule has 3 aromatic rings. The van der Waals surface area contributed by atoms with E-state index in [0.29, 0.717) is 23.1 Å². The third-order valence-corrected chi connectivity index (χ3v) is 2.72. The number of aromatic nitrogens is 2. The molecule has 0 bridgehead atoms. The van der Waals surface area contributed by atoms with E-state index in [0.717, 1.165) is 11.5 Å². The minimum Gasteiger partial charge on any atom is -0.460 e. The Morgan fingerprint density at radius 1 is 1.05 bits per heavy atom. The maximum Gasteiger partial charge on any atom is 0.152 e. The summed E-state index contributed by atoms with van der Waals surface area (Å²) in [6.07, 6.45) is 3.25. The van der Waals surface area contributed by atoms with Crippen LogP contribution in [-0.2, 0) is 0 Å². The van der Waals surface area contributed by atoms with Gasteiger partial charge in [0.2, 0.25) is 0 Å². The molecule has 0 unspecified atom stereocenters. The molecule has 3 aromatic heterocycles. The quantitative estimate of drug-likeness (QED) is 0.787. The third kappa shape index (κ3) is 2.61. The van der Waals surface area contributed by atoms with Gasteiger partial charge in [-0.15, -0.1) is 0 Å². The predicted molar refractivity (Wildman–Crippen MR) is 75.4 cm³/mol. The topological polar surface area (TPSA) is 74.2 Å². The van der Waals surface area contributed by atoms with Crippen LogP contribution in [0.2, 0.25) is 0 Å². The average molecular weight is 267 g/mol. The number of hydrogen-bond donors (Lipinski definition) is 1. The maximum atomic E-state index is 5.70. The van der Waals surface area contributed by atoms with Gasteiger partial charge in [-0.1, -0.05) is 0 Å². The second-order valence-electron chi connectivity index (χ2n) is 4.31. The molecule has 0 amide bonds. The lowest BCUT2D eigenvalue weighted by Crippen LogP contribution is -1.91. The normalized spacial score (nSPS) is 10.4. The first-order valence-corrected chi connectivity index (χ1v) is 6.13. The zero-order valence-electron chi connectivity index (χ0n) is 10.9. The highest BCUT2D eigenvalue weighted by atomic mass is 16.5. The molecule has 3 heterocycles. The van der Waals surface area contributed by atoms with E-state index >= 15 is 0 Å². The van der Waals surface area contributed by atoms with Crippen molar-refractivity contribution in [1.29, 1.82) is 0 Å². The van der Waals surface area contributed by atoms with Gasteiger partial charge in [-0.2, -0.15) is 0 Å². The summed E-state index contributed by atoms with van der Waals surface area (Å²) in [7, 11) is 0. The van der Waals surface area contributed by atoms with E-state index in [1.165, 1.54) is 0 Å². The van der Waals surface area contributed by atoms with Gasteiger partial charge in [0.15, 0.2) is 5.76 Å². The van der Waals surface area contributed by atoms with E-state index in [2.05, 4.69) is 9.97 Å². The Kier molecular flexibility index (Phi) is 3.09. The number of aryl methyl sites for hydroxylation is 1. The molecule has 0 atom stereocenters. The summed E-state index contributed by atoms with van der Waals surface area (Å²) in [6, 6.07) is 10.8. The fourth-order valence-electron chi connectivity index (χ4n) is 1.77. The van der Waals surface area contributed by atoms with Crippen molar-refractivity contribution in [3.63, 3.8) is 0 Å². The number of nitrogens with two attached hydrogens (primary N) is 1. The molecule has 0 aliphatic heterocycles. The Balaban J connectivity index is 1.86. The van der Waals surface area contributed by atoms with Crippen molar-refractivity contribution in [3.05, 3.63) is 54.6 Å². The smallest absolute Gasteiger partial charge is 0.152 e. The van der Waals surface area contributed by atoms with Crippen LogP contribution < -0.4 is 10.5 Å². The molecule has 5 heteroatoms. The van der Waals surface area contributed by atoms with Gasteiger partial charge >= 0.3 is 0 Å². The summed E-state index contributed by atoms with van der Waals surface area (Å²) in [6.45, 7) is 1.89. The molecular weight excluding hydrogens is 254 g/mol. The standard InChI is InChI=1S/C15H13N3O2/c1-10-2-4-14(19-10)13-8-11(6-7-17-13)20-12-3-5-15(16)18-9-12/h2-9H,1H3,(H2,16,18). The molecule has 0 saturated carbocycles. The molecule has 3 rings (SSSR count). The van der Waals surface area contributed by atoms with E-state index < -0.39 is 0 Å². The average Bonchev–Trinajstić information content (AvgIpc) is 2.89. The molecule has 0 fully saturated rings. The molecular formula is C15H13N3O2. The van der Waals surface area contributed by atoms with Crippen LogP contribution in [0.1, 0.15) is 5.76 Å². The van der Waals surface area contributed by atoms with Crippen molar-refractivity contribution in [2.75, 3.05) is 5.73 Å². The molecule has 0 radical (unpaired) electrons. The van der Waals surface area contributed by atoms with Crippen LogP contribution >= 0.6 is 0 Å². The monoisotopic (exact) mass is 267 g/mol. The zero-order valence-corrected chi connectivity index (χ0v) is 10.9. The highest BCUT2D eigenvalue weighted by Gasteiger charge is 2.06. The Labute approximate surface area is 116 Å². The lowest BCUT2D eigenvalue weighted by Gasteiger charge is -2.06. The van der Waals surface area contributed by atoms with Gasteiger partial charge in [0, 0.05) is 12.3 Å². The highest BCUT2D eigenvalue weighted by molar-refractivity contribution is 5.54. The summed E-state index contributed by atoms with van der Waals surface area (Å²) in [4.78, 5) is 8.25. The third-order valence-electron chi connectivity index (χ3n) is 2.72. The largest absolute Gasteiger partial charge is 0.460 e. The summed E-state index contributed by atoms with van der Waals surface area (Å²) in [5.41, 5.74) is 6.25. The van der Waals surface area contributed by atoms with Crippen LogP contribution in [0.25, 0.3) is 11.5 Å². The van der Waals surface area contributed by atoms with Crippen LogP contribution in [-0.4, -0.2) is 9.97 Å². The lowest BCUT2D eigenvalue weighted by molar-refractivity contribution is 0.479. The number of nitrogen functional groups attached to an aromatic ring is 1. The van der Waals surface area contributed by atoms with Crippen molar-refractivity contribution in [2.45, 2.75) is 6.92 Å². The van der Waals surface area contributed by atoms with Crippen LogP contribution in [0.4, 0.5) is 5.82 Å². The first-order chi connectivity index (χ1) is 9.70. The fourth-order valence-corrected chi connectivity index (χ4v) is 1.77. The van der Waals surface area contributed by atoms with Gasteiger partial charge in [0.25, 0.3) is 0 Å². The van der Waals surface area contributed by atoms with Crippen molar-refractivity contribution in [1.82, 2.24) is 9.97 Å². The number of ether oxygens (including phenoxy) is 1. The first kappa shape index (κ1) is 12.2. The number of hydrogen-bond acceptors (Lipinski definition) is 5. The number of pyridine rings is 2. The molecule has 2 N–H and O–H groups in total. The second-order valence-corrected chi connectivity index (χ2v) is 4.31. The van der Waals surface area contributed by atoms with E-state index in [4.69, 9.17) is 14.9 Å². The minimum atomic E-state index is 0.457. The second kappa shape index (κ2) is 5.05. The van der Waals surface area contributed by atoms with Gasteiger partial charge in [0.1, 0.15) is 28.8 Å². The van der Waals surface area contributed by atoms with Crippen molar-refractivity contribution >= 4 is 5.82 Å². The molecule has 0 aliphatic carbocycles. The van der Waals surface area contributed by atoms with Crippen molar-refractivity contribution in [3.8, 4) is 23.0 Å². The van der Waals surface area contributed by atoms with Gasteiger partial charge in [-0.05, 0) is 37.3 Å². The SMILES string of the molecule is Cc1ccc(-c2cc(Oc3ccc(N)nc3)ccn2)o1. The molecule has 100 valence electrons. The van der Waals surface area contributed by atoms with Crippen molar-refractivity contribution in [2.24, 2.45) is 0 Å². The van der Waals surface area contributed by atoms with Gasteiger partial charge < -0.3 is 14.9 Å². The van der Waals surface area contributed by atoms with Crippen molar-refractivity contribution < 1.29 is 9.15 Å². The Morgan fingerprint density at radius 2 is 1.95 bits per heavy atom. The van der Waals surface area contributed by atoms with Gasteiger partial charge in [-0.25, -0.2) is 4.98 Å². The number of rotatable bonds is 3. The Bertz CT molecular complexity index is 720. The summed E-state index contributed by atoms with van der Waals surface area (Å²) in [5, 5.41) is 0. The molecule has 0 saturated heterocycles. The van der Waals surface area contributed by atoms with E-state index in [1.54, 1.807) is 30.6 Å².